The maximum Gasteiger partial charge on any atom is 0.120 e. The minimum atomic E-state index is 0.440. The van der Waals surface area contributed by atoms with Gasteiger partial charge in [0.05, 0.1) is 12.8 Å². The van der Waals surface area contributed by atoms with Gasteiger partial charge in [-0.3, -0.25) is 0 Å². The van der Waals surface area contributed by atoms with Crippen LogP contribution >= 0.6 is 24.0 Å². The van der Waals surface area contributed by atoms with Gasteiger partial charge in [-0.2, -0.15) is 11.8 Å². The summed E-state index contributed by atoms with van der Waals surface area (Å²) in [5.41, 5.74) is 7.87. The molecule has 3 nitrogen and oxygen atoms in total. The van der Waals surface area contributed by atoms with E-state index in [4.69, 9.17) is 22.7 Å². The summed E-state index contributed by atoms with van der Waals surface area (Å²) in [7, 11) is 1.68. The van der Waals surface area contributed by atoms with Crippen molar-refractivity contribution in [2.75, 3.05) is 24.3 Å². The van der Waals surface area contributed by atoms with Crippen molar-refractivity contribution in [2.45, 2.75) is 25.1 Å². The molecular weight excluding hydrogens is 276 g/mol. The molecule has 1 fully saturated rings. The van der Waals surface area contributed by atoms with Crippen molar-refractivity contribution in [3.8, 4) is 5.75 Å². The number of rotatable bonds is 3. The van der Waals surface area contributed by atoms with E-state index in [1.807, 2.05) is 30.0 Å². The standard InChI is InChI=1S/C14H20N2OS2/c1-9-10(2)19-7-6-16(9)13-8-11(17-3)4-5-12(13)14(15)18/h4-5,8-10H,6-7H2,1-3H3,(H2,15,18). The Balaban J connectivity index is 2.43. The van der Waals surface area contributed by atoms with E-state index in [1.54, 1.807) is 7.11 Å². The second-order valence-corrected chi connectivity index (χ2v) is 6.68. The molecular formula is C14H20N2OS2. The molecule has 0 amide bonds. The number of anilines is 1. The maximum atomic E-state index is 5.85. The molecule has 2 N–H and O–H groups in total. The molecule has 1 heterocycles. The lowest BCUT2D eigenvalue weighted by Gasteiger charge is -2.40. The maximum absolute atomic E-state index is 5.85. The Kier molecular flexibility index (Phi) is 4.58. The van der Waals surface area contributed by atoms with Crippen LogP contribution in [-0.2, 0) is 0 Å². The minimum Gasteiger partial charge on any atom is -0.497 e. The Morgan fingerprint density at radius 2 is 2.21 bits per heavy atom. The van der Waals surface area contributed by atoms with Crippen LogP contribution in [0.15, 0.2) is 18.2 Å². The molecule has 0 bridgehead atoms. The van der Waals surface area contributed by atoms with E-state index in [9.17, 15) is 0 Å². The fraction of sp³-hybridized carbons (Fsp3) is 0.500. The SMILES string of the molecule is COc1ccc(C(N)=S)c(N2CCSC(C)C2C)c1. The largest absolute Gasteiger partial charge is 0.497 e. The first-order valence-electron chi connectivity index (χ1n) is 6.40. The van der Waals surface area contributed by atoms with Gasteiger partial charge in [0.2, 0.25) is 0 Å². The Bertz CT molecular complexity index is 479. The van der Waals surface area contributed by atoms with Crippen LogP contribution < -0.4 is 15.4 Å². The first-order valence-corrected chi connectivity index (χ1v) is 7.86. The number of nitrogens with zero attached hydrogens (tertiary/aromatic N) is 1. The normalized spacial score (nSPS) is 23.2. The number of thioether (sulfide) groups is 1. The van der Waals surface area contributed by atoms with E-state index in [-0.39, 0.29) is 0 Å². The zero-order valence-electron chi connectivity index (χ0n) is 11.6. The number of hydrogen-bond donors (Lipinski definition) is 1. The lowest BCUT2D eigenvalue weighted by Crippen LogP contribution is -2.45. The number of ether oxygens (including phenoxy) is 1. The second kappa shape index (κ2) is 6.01. The van der Waals surface area contributed by atoms with Crippen molar-refractivity contribution in [1.29, 1.82) is 0 Å². The van der Waals surface area contributed by atoms with Crippen molar-refractivity contribution in [2.24, 2.45) is 5.73 Å². The van der Waals surface area contributed by atoms with Crippen molar-refractivity contribution < 1.29 is 4.74 Å². The highest BCUT2D eigenvalue weighted by atomic mass is 32.2. The summed E-state index contributed by atoms with van der Waals surface area (Å²) in [6.07, 6.45) is 0. The fourth-order valence-electron chi connectivity index (χ4n) is 2.36. The zero-order valence-corrected chi connectivity index (χ0v) is 13.2. The van der Waals surface area contributed by atoms with Gasteiger partial charge in [0.1, 0.15) is 10.7 Å². The zero-order chi connectivity index (χ0) is 14.0. The van der Waals surface area contributed by atoms with Crippen LogP contribution in [-0.4, -0.2) is 35.7 Å². The number of benzene rings is 1. The fourth-order valence-corrected chi connectivity index (χ4v) is 3.63. The molecule has 1 aromatic rings. The Hall–Kier alpha value is -0.940. The van der Waals surface area contributed by atoms with Crippen LogP contribution in [0.2, 0.25) is 0 Å². The summed E-state index contributed by atoms with van der Waals surface area (Å²) in [6, 6.07) is 6.35. The van der Waals surface area contributed by atoms with Gasteiger partial charge in [0.15, 0.2) is 0 Å². The molecule has 0 aliphatic carbocycles. The van der Waals surface area contributed by atoms with E-state index >= 15 is 0 Å². The van der Waals surface area contributed by atoms with Gasteiger partial charge in [-0.05, 0) is 19.1 Å². The van der Waals surface area contributed by atoms with E-state index in [2.05, 4.69) is 18.7 Å². The summed E-state index contributed by atoms with van der Waals surface area (Å²) in [6.45, 7) is 5.53. The second-order valence-electron chi connectivity index (χ2n) is 4.76. The van der Waals surface area contributed by atoms with Gasteiger partial charge in [-0.1, -0.05) is 19.1 Å². The molecule has 2 unspecified atom stereocenters. The average Bonchev–Trinajstić information content (AvgIpc) is 2.41. The molecule has 0 radical (unpaired) electrons. The summed E-state index contributed by atoms with van der Waals surface area (Å²) in [5.74, 6) is 1.97. The molecule has 1 aromatic carbocycles. The van der Waals surface area contributed by atoms with Crippen molar-refractivity contribution >= 4 is 34.7 Å². The van der Waals surface area contributed by atoms with Gasteiger partial charge in [0, 0.05) is 35.2 Å². The predicted octanol–water partition coefficient (Wildman–Crippen LogP) is 2.66. The van der Waals surface area contributed by atoms with Crippen LogP contribution in [0.1, 0.15) is 19.4 Å². The highest BCUT2D eigenvalue weighted by Crippen LogP contribution is 2.33. The molecule has 1 saturated heterocycles. The van der Waals surface area contributed by atoms with E-state index in [0.717, 1.165) is 29.3 Å². The Labute approximate surface area is 124 Å². The smallest absolute Gasteiger partial charge is 0.120 e. The number of nitrogens with two attached hydrogens (primary N) is 1. The summed E-state index contributed by atoms with van der Waals surface area (Å²) in [4.78, 5) is 2.83. The minimum absolute atomic E-state index is 0.440. The summed E-state index contributed by atoms with van der Waals surface area (Å²) in [5, 5.41) is 0.596. The van der Waals surface area contributed by atoms with Crippen LogP contribution in [0, 0.1) is 0 Å². The highest BCUT2D eigenvalue weighted by molar-refractivity contribution is 8.00. The molecule has 2 atom stereocenters. The summed E-state index contributed by atoms with van der Waals surface area (Å²) < 4.78 is 5.33. The third-order valence-corrected chi connectivity index (χ3v) is 5.22. The van der Waals surface area contributed by atoms with E-state index in [1.165, 1.54) is 0 Å². The lowest BCUT2D eigenvalue weighted by atomic mass is 10.1. The third kappa shape index (κ3) is 2.98. The molecule has 2 rings (SSSR count). The first kappa shape index (κ1) is 14.5. The Morgan fingerprint density at radius 3 is 2.84 bits per heavy atom. The number of methoxy groups -OCH3 is 1. The quantitative estimate of drug-likeness (QED) is 0.868. The van der Waals surface area contributed by atoms with Crippen LogP contribution in [0.25, 0.3) is 0 Å². The Morgan fingerprint density at radius 1 is 1.47 bits per heavy atom. The topological polar surface area (TPSA) is 38.5 Å². The van der Waals surface area contributed by atoms with Gasteiger partial charge in [-0.25, -0.2) is 0 Å². The molecule has 1 aliphatic heterocycles. The molecule has 104 valence electrons. The average molecular weight is 296 g/mol. The number of hydrogen-bond acceptors (Lipinski definition) is 4. The molecule has 0 spiro atoms. The number of thiocarbonyl (C=S) groups is 1. The van der Waals surface area contributed by atoms with E-state index < -0.39 is 0 Å². The van der Waals surface area contributed by atoms with Crippen molar-refractivity contribution in [3.63, 3.8) is 0 Å². The van der Waals surface area contributed by atoms with Crippen molar-refractivity contribution in [1.82, 2.24) is 0 Å². The highest BCUT2D eigenvalue weighted by Gasteiger charge is 2.27. The predicted molar refractivity (Wildman–Crippen MR) is 87.6 cm³/mol. The molecule has 0 aromatic heterocycles. The van der Waals surface area contributed by atoms with Crippen LogP contribution in [0.4, 0.5) is 5.69 Å². The van der Waals surface area contributed by atoms with Gasteiger partial charge in [-0.15, -0.1) is 0 Å². The van der Waals surface area contributed by atoms with Crippen molar-refractivity contribution in [3.05, 3.63) is 23.8 Å². The van der Waals surface area contributed by atoms with Gasteiger partial charge < -0.3 is 15.4 Å². The molecule has 0 saturated carbocycles. The lowest BCUT2D eigenvalue weighted by molar-refractivity contribution is 0.414. The third-order valence-electron chi connectivity index (χ3n) is 3.66. The van der Waals surface area contributed by atoms with E-state index in [0.29, 0.717) is 16.3 Å². The van der Waals surface area contributed by atoms with Crippen LogP contribution in [0.5, 0.6) is 5.75 Å². The molecule has 19 heavy (non-hydrogen) atoms. The molecule has 1 aliphatic rings. The molecule has 5 heteroatoms. The van der Waals surface area contributed by atoms with Crippen LogP contribution in [0.3, 0.4) is 0 Å². The van der Waals surface area contributed by atoms with Gasteiger partial charge in [0.25, 0.3) is 0 Å². The monoisotopic (exact) mass is 296 g/mol. The first-order chi connectivity index (χ1) is 9.04. The summed E-state index contributed by atoms with van der Waals surface area (Å²) >= 11 is 7.18. The van der Waals surface area contributed by atoms with Gasteiger partial charge >= 0.3 is 0 Å².